The molecule has 1 saturated carbocycles. The van der Waals surface area contributed by atoms with E-state index >= 15 is 0 Å². The fraction of sp³-hybridized carbons (Fsp3) is 0.636. The molecule has 2 amide bonds. The molecule has 1 heterocycles. The lowest BCUT2D eigenvalue weighted by molar-refractivity contribution is -0.132. The third kappa shape index (κ3) is 3.15. The summed E-state index contributed by atoms with van der Waals surface area (Å²) >= 11 is 0. The molecule has 2 fully saturated rings. The van der Waals surface area contributed by atoms with E-state index in [1.165, 1.54) is 17.5 Å². The number of fused-ring (bicyclic) bond motifs is 2. The molecule has 1 saturated heterocycles. The van der Waals surface area contributed by atoms with Crippen LogP contribution in [0.25, 0.3) is 0 Å². The van der Waals surface area contributed by atoms with Crippen LogP contribution in [0.3, 0.4) is 0 Å². The summed E-state index contributed by atoms with van der Waals surface area (Å²) in [5.41, 5.74) is 2.96. The van der Waals surface area contributed by atoms with Crippen LogP contribution in [0.15, 0.2) is 24.3 Å². The Morgan fingerprint density at radius 2 is 1.92 bits per heavy atom. The molecular weight excluding hydrogens is 324 g/mol. The highest BCUT2D eigenvalue weighted by atomic mass is 16.2. The number of benzene rings is 1. The molecule has 0 bridgehead atoms. The molecule has 0 aromatic heterocycles. The first-order valence-corrected chi connectivity index (χ1v) is 10.3. The number of carbonyl (C=O) groups is 2. The number of nitrogens with zero attached hydrogens (tertiary/aromatic N) is 1. The third-order valence-corrected chi connectivity index (χ3v) is 6.89. The average molecular weight is 354 g/mol. The number of rotatable bonds is 4. The highest BCUT2D eigenvalue weighted by Crippen LogP contribution is 2.52. The molecule has 1 spiro atoms. The average Bonchev–Trinajstić information content (AvgIpc) is 2.92. The Labute approximate surface area is 156 Å². The van der Waals surface area contributed by atoms with E-state index in [1.807, 2.05) is 11.8 Å². The van der Waals surface area contributed by atoms with Gasteiger partial charge in [0, 0.05) is 32.0 Å². The van der Waals surface area contributed by atoms with Crippen LogP contribution < -0.4 is 5.32 Å². The van der Waals surface area contributed by atoms with Crippen LogP contribution in [0, 0.1) is 0 Å². The Morgan fingerprint density at radius 1 is 1.19 bits per heavy atom. The number of amides is 2. The molecule has 1 aromatic carbocycles. The minimum Gasteiger partial charge on any atom is -0.353 e. The fourth-order valence-electron chi connectivity index (χ4n) is 5.15. The molecule has 1 unspecified atom stereocenters. The number of likely N-dealkylation sites (tertiary alicyclic amines) is 1. The lowest BCUT2D eigenvalue weighted by Crippen LogP contribution is -2.44. The van der Waals surface area contributed by atoms with E-state index in [1.54, 1.807) is 0 Å². The summed E-state index contributed by atoms with van der Waals surface area (Å²) in [4.78, 5) is 26.6. The summed E-state index contributed by atoms with van der Waals surface area (Å²) in [5, 5.41) is 3.20. The number of piperidine rings is 1. The number of hydrogen-bond acceptors (Lipinski definition) is 2. The van der Waals surface area contributed by atoms with E-state index in [-0.39, 0.29) is 17.2 Å². The van der Waals surface area contributed by atoms with Gasteiger partial charge in [0.15, 0.2) is 0 Å². The van der Waals surface area contributed by atoms with Gasteiger partial charge in [-0.05, 0) is 61.0 Å². The van der Waals surface area contributed by atoms with Crippen molar-refractivity contribution in [3.8, 4) is 0 Å². The van der Waals surface area contributed by atoms with Crippen LogP contribution in [0.1, 0.15) is 75.3 Å². The first-order chi connectivity index (χ1) is 12.6. The lowest BCUT2D eigenvalue weighted by atomic mass is 9.73. The first-order valence-electron chi connectivity index (χ1n) is 10.3. The molecule has 1 aliphatic heterocycles. The summed E-state index contributed by atoms with van der Waals surface area (Å²) < 4.78 is 0. The largest absolute Gasteiger partial charge is 0.353 e. The molecule has 4 rings (SSSR count). The Balaban J connectivity index is 1.48. The molecule has 26 heavy (non-hydrogen) atoms. The highest BCUT2D eigenvalue weighted by molar-refractivity contribution is 5.78. The van der Waals surface area contributed by atoms with Gasteiger partial charge >= 0.3 is 0 Å². The van der Waals surface area contributed by atoms with E-state index < -0.39 is 0 Å². The zero-order chi connectivity index (χ0) is 18.1. The van der Waals surface area contributed by atoms with Crippen LogP contribution in [0.5, 0.6) is 0 Å². The quantitative estimate of drug-likeness (QED) is 0.900. The lowest BCUT2D eigenvalue weighted by Gasteiger charge is -2.40. The Hall–Kier alpha value is -1.84. The predicted octanol–water partition coefficient (Wildman–Crippen LogP) is 3.50. The van der Waals surface area contributed by atoms with Crippen molar-refractivity contribution in [3.63, 3.8) is 0 Å². The Bertz CT molecular complexity index is 687. The van der Waals surface area contributed by atoms with Gasteiger partial charge in [-0.15, -0.1) is 0 Å². The van der Waals surface area contributed by atoms with Gasteiger partial charge in [-0.2, -0.15) is 0 Å². The van der Waals surface area contributed by atoms with Crippen LogP contribution in [-0.2, 0) is 15.0 Å². The maximum Gasteiger partial charge on any atom is 0.222 e. The van der Waals surface area contributed by atoms with Crippen LogP contribution in [-0.4, -0.2) is 35.8 Å². The van der Waals surface area contributed by atoms with Crippen molar-refractivity contribution < 1.29 is 9.59 Å². The number of hydrogen-bond donors (Lipinski definition) is 1. The SMILES string of the molecule is CCC(=O)N1CCC2(CC1)CC(CC(=O)NC1CCC1)c1ccccc12. The predicted molar refractivity (Wildman–Crippen MR) is 102 cm³/mol. The summed E-state index contributed by atoms with van der Waals surface area (Å²) in [6, 6.07) is 9.12. The second-order valence-electron chi connectivity index (χ2n) is 8.40. The van der Waals surface area contributed by atoms with Crippen LogP contribution in [0.4, 0.5) is 0 Å². The molecule has 1 aromatic rings. The number of carbonyl (C=O) groups excluding carboxylic acids is 2. The van der Waals surface area contributed by atoms with Crippen molar-refractivity contribution in [2.45, 2.75) is 75.7 Å². The molecule has 4 nitrogen and oxygen atoms in total. The highest BCUT2D eigenvalue weighted by Gasteiger charge is 2.46. The van der Waals surface area contributed by atoms with Crippen LogP contribution in [0.2, 0.25) is 0 Å². The second kappa shape index (κ2) is 7.05. The number of nitrogens with one attached hydrogen (secondary N) is 1. The Morgan fingerprint density at radius 3 is 2.58 bits per heavy atom. The van der Waals surface area contributed by atoms with Gasteiger partial charge in [-0.3, -0.25) is 9.59 Å². The monoisotopic (exact) mass is 354 g/mol. The van der Waals surface area contributed by atoms with E-state index in [9.17, 15) is 9.59 Å². The van der Waals surface area contributed by atoms with Gasteiger partial charge in [0.25, 0.3) is 0 Å². The van der Waals surface area contributed by atoms with Crippen molar-refractivity contribution in [1.82, 2.24) is 10.2 Å². The molecule has 1 atom stereocenters. The summed E-state index contributed by atoms with van der Waals surface area (Å²) in [6.45, 7) is 3.64. The van der Waals surface area contributed by atoms with Crippen molar-refractivity contribution in [3.05, 3.63) is 35.4 Å². The summed E-state index contributed by atoms with van der Waals surface area (Å²) in [5.74, 6) is 0.799. The van der Waals surface area contributed by atoms with E-state index in [0.717, 1.165) is 45.2 Å². The minimum atomic E-state index is 0.155. The molecule has 4 heteroatoms. The fourth-order valence-corrected chi connectivity index (χ4v) is 5.15. The standard InChI is InChI=1S/C22H30N2O2/c1-2-21(26)24-12-10-22(11-13-24)15-16(18-8-3-4-9-19(18)22)14-20(25)23-17-6-5-7-17/h3-4,8-9,16-17H,2,5-7,10-15H2,1H3,(H,23,25). The van der Waals surface area contributed by atoms with Gasteiger partial charge in [0.1, 0.15) is 0 Å². The van der Waals surface area contributed by atoms with Crippen LogP contribution >= 0.6 is 0 Å². The van der Waals surface area contributed by atoms with Crippen molar-refractivity contribution >= 4 is 11.8 Å². The molecule has 140 valence electrons. The summed E-state index contributed by atoms with van der Waals surface area (Å²) in [6.07, 6.45) is 7.82. The van der Waals surface area contributed by atoms with Gasteiger partial charge in [-0.25, -0.2) is 0 Å². The van der Waals surface area contributed by atoms with Crippen molar-refractivity contribution in [2.24, 2.45) is 0 Å². The van der Waals surface area contributed by atoms with Gasteiger partial charge in [0.2, 0.25) is 11.8 Å². The van der Waals surface area contributed by atoms with E-state index in [2.05, 4.69) is 29.6 Å². The molecule has 3 aliphatic rings. The molecule has 2 aliphatic carbocycles. The minimum absolute atomic E-state index is 0.155. The smallest absolute Gasteiger partial charge is 0.222 e. The van der Waals surface area contributed by atoms with E-state index in [4.69, 9.17) is 0 Å². The molecular formula is C22H30N2O2. The second-order valence-corrected chi connectivity index (χ2v) is 8.40. The third-order valence-electron chi connectivity index (χ3n) is 6.89. The van der Waals surface area contributed by atoms with Gasteiger partial charge in [0.05, 0.1) is 0 Å². The van der Waals surface area contributed by atoms with Gasteiger partial charge < -0.3 is 10.2 Å². The molecule has 0 radical (unpaired) electrons. The van der Waals surface area contributed by atoms with E-state index in [0.29, 0.717) is 24.8 Å². The first kappa shape index (κ1) is 17.6. The van der Waals surface area contributed by atoms with Crippen molar-refractivity contribution in [2.75, 3.05) is 13.1 Å². The Kier molecular flexibility index (Phi) is 4.76. The normalized spacial score (nSPS) is 24.2. The van der Waals surface area contributed by atoms with Crippen molar-refractivity contribution in [1.29, 1.82) is 0 Å². The maximum atomic E-state index is 12.5. The maximum absolute atomic E-state index is 12.5. The molecule has 1 N–H and O–H groups in total. The zero-order valence-electron chi connectivity index (χ0n) is 15.8. The topological polar surface area (TPSA) is 49.4 Å². The zero-order valence-corrected chi connectivity index (χ0v) is 15.8. The summed E-state index contributed by atoms with van der Waals surface area (Å²) in [7, 11) is 0. The van der Waals surface area contributed by atoms with Gasteiger partial charge in [-0.1, -0.05) is 31.2 Å².